The van der Waals surface area contributed by atoms with Gasteiger partial charge in [-0.3, -0.25) is 5.43 Å². The summed E-state index contributed by atoms with van der Waals surface area (Å²) in [7, 11) is 0. The number of nitrogens with zero attached hydrogens (tertiary/aromatic N) is 1. The van der Waals surface area contributed by atoms with E-state index in [0.29, 0.717) is 12.0 Å². The Morgan fingerprint density at radius 2 is 1.95 bits per heavy atom. The zero-order valence-electron chi connectivity index (χ0n) is 12.9. The van der Waals surface area contributed by atoms with Crippen LogP contribution in [0.5, 0.6) is 0 Å². The summed E-state index contributed by atoms with van der Waals surface area (Å²) < 4.78 is 0. The summed E-state index contributed by atoms with van der Waals surface area (Å²) in [6, 6.07) is 11.2. The minimum Gasteiger partial charge on any atom is -0.316 e. The van der Waals surface area contributed by atoms with E-state index in [2.05, 4.69) is 51.4 Å². The van der Waals surface area contributed by atoms with E-state index in [-0.39, 0.29) is 0 Å². The number of likely N-dealkylation sites (tertiary alicyclic amines) is 1. The van der Waals surface area contributed by atoms with Crippen LogP contribution in [0.3, 0.4) is 0 Å². The quantitative estimate of drug-likeness (QED) is 0.666. The van der Waals surface area contributed by atoms with Crippen LogP contribution in [0.15, 0.2) is 30.3 Å². The minimum absolute atomic E-state index is 0.428. The Hall–Kier alpha value is -0.940. The van der Waals surface area contributed by atoms with Crippen molar-refractivity contribution in [1.29, 1.82) is 0 Å². The van der Waals surface area contributed by atoms with Crippen LogP contribution < -0.4 is 16.2 Å². The van der Waals surface area contributed by atoms with Crippen LogP contribution >= 0.6 is 0 Å². The van der Waals surface area contributed by atoms with Crippen LogP contribution in [0.4, 0.5) is 0 Å². The highest BCUT2D eigenvalue weighted by Crippen LogP contribution is 2.23. The molecule has 2 aliphatic heterocycles. The first-order chi connectivity index (χ1) is 10.4. The molecule has 0 radical (unpaired) electrons. The molecular formula is C17H28N4. The first kappa shape index (κ1) is 15.0. The minimum atomic E-state index is 0.428. The van der Waals surface area contributed by atoms with Gasteiger partial charge in [0.25, 0.3) is 0 Å². The number of hydrogen-bond donors (Lipinski definition) is 3. The van der Waals surface area contributed by atoms with Crippen LogP contribution in [0.1, 0.15) is 30.9 Å². The summed E-state index contributed by atoms with van der Waals surface area (Å²) in [6.45, 7) is 7.14. The molecule has 2 atom stereocenters. The number of hydrazine groups is 1. The molecule has 2 unspecified atom stereocenters. The topological polar surface area (TPSA) is 39.3 Å². The average molecular weight is 288 g/mol. The van der Waals surface area contributed by atoms with Crippen molar-refractivity contribution in [3.63, 3.8) is 0 Å². The molecule has 0 spiro atoms. The van der Waals surface area contributed by atoms with Crippen LogP contribution in [-0.4, -0.2) is 44.2 Å². The molecule has 2 aliphatic rings. The second kappa shape index (κ2) is 7.90. The third kappa shape index (κ3) is 4.27. The van der Waals surface area contributed by atoms with Gasteiger partial charge in [0.15, 0.2) is 0 Å². The third-order valence-electron chi connectivity index (χ3n) is 4.69. The molecule has 0 aliphatic carbocycles. The maximum absolute atomic E-state index is 3.64. The Balaban J connectivity index is 1.36. The molecule has 1 aromatic carbocycles. The van der Waals surface area contributed by atoms with Gasteiger partial charge in [0, 0.05) is 19.0 Å². The Morgan fingerprint density at radius 3 is 2.76 bits per heavy atom. The maximum atomic E-state index is 3.64. The van der Waals surface area contributed by atoms with Gasteiger partial charge in [-0.05, 0) is 51.0 Å². The van der Waals surface area contributed by atoms with Gasteiger partial charge in [0.2, 0.25) is 0 Å². The van der Waals surface area contributed by atoms with Crippen LogP contribution in [0.25, 0.3) is 0 Å². The van der Waals surface area contributed by atoms with Gasteiger partial charge in [-0.25, -0.2) is 5.43 Å². The molecule has 1 aromatic rings. The van der Waals surface area contributed by atoms with E-state index in [1.165, 1.54) is 44.5 Å². The smallest absolute Gasteiger partial charge is 0.0515 e. The second-order valence-electron chi connectivity index (χ2n) is 6.28. The summed E-state index contributed by atoms with van der Waals surface area (Å²) in [5.41, 5.74) is 8.10. The second-order valence-corrected chi connectivity index (χ2v) is 6.28. The monoisotopic (exact) mass is 288 g/mol. The Bertz CT molecular complexity index is 403. The lowest BCUT2D eigenvalue weighted by atomic mass is 9.95. The lowest BCUT2D eigenvalue weighted by Gasteiger charge is -2.20. The Morgan fingerprint density at radius 1 is 1.14 bits per heavy atom. The zero-order valence-corrected chi connectivity index (χ0v) is 12.9. The molecule has 0 saturated carbocycles. The van der Waals surface area contributed by atoms with E-state index in [9.17, 15) is 0 Å². The molecule has 0 bridgehead atoms. The van der Waals surface area contributed by atoms with Crippen molar-refractivity contribution in [2.24, 2.45) is 5.92 Å². The van der Waals surface area contributed by atoms with Gasteiger partial charge < -0.3 is 10.2 Å². The number of nitrogens with one attached hydrogen (secondary N) is 3. The first-order valence-electron chi connectivity index (χ1n) is 8.40. The van der Waals surface area contributed by atoms with Crippen LogP contribution in [0, 0.1) is 5.92 Å². The molecule has 2 heterocycles. The average Bonchev–Trinajstić information content (AvgIpc) is 3.19. The fourth-order valence-corrected chi connectivity index (χ4v) is 3.46. The van der Waals surface area contributed by atoms with E-state index in [4.69, 9.17) is 0 Å². The molecule has 4 nitrogen and oxygen atoms in total. The largest absolute Gasteiger partial charge is 0.316 e. The molecule has 0 aromatic heterocycles. The Kier molecular flexibility index (Phi) is 5.63. The van der Waals surface area contributed by atoms with Gasteiger partial charge >= 0.3 is 0 Å². The van der Waals surface area contributed by atoms with Crippen molar-refractivity contribution < 1.29 is 0 Å². The lowest BCUT2D eigenvalue weighted by molar-refractivity contribution is 0.328. The van der Waals surface area contributed by atoms with Crippen molar-refractivity contribution in [1.82, 2.24) is 21.1 Å². The predicted octanol–water partition coefficient (Wildman–Crippen LogP) is 1.53. The first-order valence-corrected chi connectivity index (χ1v) is 8.40. The van der Waals surface area contributed by atoms with Crippen molar-refractivity contribution >= 4 is 0 Å². The van der Waals surface area contributed by atoms with Crippen LogP contribution in [0.2, 0.25) is 0 Å². The van der Waals surface area contributed by atoms with Crippen LogP contribution in [-0.2, 0) is 0 Å². The summed E-state index contributed by atoms with van der Waals surface area (Å²) in [4.78, 5) is 2.59. The summed E-state index contributed by atoms with van der Waals surface area (Å²) in [5, 5.41) is 3.64. The van der Waals surface area contributed by atoms with Gasteiger partial charge in [0.05, 0.1) is 6.04 Å². The summed E-state index contributed by atoms with van der Waals surface area (Å²) >= 11 is 0. The number of rotatable bonds is 7. The van der Waals surface area contributed by atoms with Gasteiger partial charge in [0.1, 0.15) is 0 Å². The van der Waals surface area contributed by atoms with E-state index < -0.39 is 0 Å². The SMILES string of the molecule is c1ccc(C2NNCC2CNCCCN2CCCC2)cc1. The van der Waals surface area contributed by atoms with E-state index in [0.717, 1.165) is 19.6 Å². The summed E-state index contributed by atoms with van der Waals surface area (Å²) in [6.07, 6.45) is 4.06. The molecular weight excluding hydrogens is 260 g/mol. The standard InChI is InChI=1S/C17H28N4/c1-2-7-15(8-3-1)17-16(14-19-20-17)13-18-9-6-12-21-10-4-5-11-21/h1-3,7-8,16-20H,4-6,9-14H2. The molecule has 4 heteroatoms. The van der Waals surface area contributed by atoms with E-state index in [1.807, 2.05) is 0 Å². The molecule has 2 fully saturated rings. The molecule has 3 rings (SSSR count). The molecule has 2 saturated heterocycles. The molecule has 3 N–H and O–H groups in total. The predicted molar refractivity (Wildman–Crippen MR) is 87.0 cm³/mol. The van der Waals surface area contributed by atoms with Crippen molar-refractivity contribution in [2.45, 2.75) is 25.3 Å². The molecule has 0 amide bonds. The van der Waals surface area contributed by atoms with E-state index in [1.54, 1.807) is 0 Å². The lowest BCUT2D eigenvalue weighted by Crippen LogP contribution is -2.31. The van der Waals surface area contributed by atoms with Crippen molar-refractivity contribution in [2.75, 3.05) is 39.3 Å². The fourth-order valence-electron chi connectivity index (χ4n) is 3.46. The Labute approximate surface area is 128 Å². The van der Waals surface area contributed by atoms with E-state index >= 15 is 0 Å². The van der Waals surface area contributed by atoms with Gasteiger partial charge in [-0.15, -0.1) is 0 Å². The molecule has 116 valence electrons. The van der Waals surface area contributed by atoms with Crippen molar-refractivity contribution in [3.8, 4) is 0 Å². The summed E-state index contributed by atoms with van der Waals surface area (Å²) in [5.74, 6) is 0.624. The number of hydrogen-bond acceptors (Lipinski definition) is 4. The van der Waals surface area contributed by atoms with Gasteiger partial charge in [-0.1, -0.05) is 30.3 Å². The third-order valence-corrected chi connectivity index (χ3v) is 4.69. The zero-order chi connectivity index (χ0) is 14.3. The highest BCUT2D eigenvalue weighted by Gasteiger charge is 2.27. The highest BCUT2D eigenvalue weighted by molar-refractivity contribution is 5.20. The molecule has 21 heavy (non-hydrogen) atoms. The highest BCUT2D eigenvalue weighted by atomic mass is 15.4. The number of benzene rings is 1. The normalized spacial score (nSPS) is 26.5. The fraction of sp³-hybridized carbons (Fsp3) is 0.647. The van der Waals surface area contributed by atoms with Gasteiger partial charge in [-0.2, -0.15) is 0 Å². The van der Waals surface area contributed by atoms with Crippen molar-refractivity contribution in [3.05, 3.63) is 35.9 Å². The maximum Gasteiger partial charge on any atom is 0.0515 e.